The smallest absolute Gasteiger partial charge is 0.491 e. The van der Waals surface area contributed by atoms with Crippen molar-refractivity contribution in [1.82, 2.24) is 10.4 Å². The Bertz CT molecular complexity index is 1060. The lowest BCUT2D eigenvalue weighted by molar-refractivity contribution is 0.0284. The third-order valence-corrected chi connectivity index (χ3v) is 6.16. The molecule has 34 heavy (non-hydrogen) atoms. The zero-order chi connectivity index (χ0) is 25.2. The van der Waals surface area contributed by atoms with Crippen LogP contribution >= 0.6 is 0 Å². The molecule has 2 N–H and O–H groups in total. The molecule has 182 valence electrons. The van der Waals surface area contributed by atoms with Gasteiger partial charge in [-0.2, -0.15) is 0 Å². The van der Waals surface area contributed by atoms with Crippen molar-refractivity contribution in [3.8, 4) is 5.75 Å². The molecule has 3 rings (SSSR count). The van der Waals surface area contributed by atoms with E-state index in [0.29, 0.717) is 34.3 Å². The summed E-state index contributed by atoms with van der Waals surface area (Å²) in [6.07, 6.45) is 0.648. The van der Waals surface area contributed by atoms with Crippen LogP contribution in [0.25, 0.3) is 0 Å². The Morgan fingerprint density at radius 2 is 1.76 bits per heavy atom. The van der Waals surface area contributed by atoms with E-state index < -0.39 is 7.12 Å². The number of benzene rings is 2. The molecule has 2 aromatic carbocycles. The van der Waals surface area contributed by atoms with Gasteiger partial charge in [0.15, 0.2) is 0 Å². The number of nitrogens with one attached hydrogen (secondary N) is 1. The van der Waals surface area contributed by atoms with Gasteiger partial charge in [-0.05, 0) is 50.8 Å². The van der Waals surface area contributed by atoms with E-state index >= 15 is 0 Å². The first kappa shape index (κ1) is 25.8. The van der Waals surface area contributed by atoms with E-state index in [1.54, 1.807) is 19.1 Å². The minimum atomic E-state index is -1.11. The number of hydrazine groups is 1. The van der Waals surface area contributed by atoms with Gasteiger partial charge in [-0.15, -0.1) is 0 Å². The molecule has 0 aliphatic carbocycles. The molecular formula is C26H35BN2O5. The predicted octanol–water partition coefficient (Wildman–Crippen LogP) is 3.32. The molecule has 0 saturated heterocycles. The average Bonchev–Trinajstić information content (AvgIpc) is 2.93. The van der Waals surface area contributed by atoms with Crippen LogP contribution in [0.3, 0.4) is 0 Å². The molecule has 0 aromatic heterocycles. The zero-order valence-electron chi connectivity index (χ0n) is 21.2. The molecule has 0 unspecified atom stereocenters. The number of hydrogen-bond acceptors (Lipinski definition) is 5. The van der Waals surface area contributed by atoms with E-state index in [4.69, 9.17) is 9.39 Å². The van der Waals surface area contributed by atoms with E-state index in [-0.39, 0.29) is 36.5 Å². The molecule has 1 aliphatic heterocycles. The maximum Gasteiger partial charge on any atom is 0.495 e. The first-order valence-corrected chi connectivity index (χ1v) is 11.7. The fourth-order valence-corrected chi connectivity index (χ4v) is 4.59. The SMILES string of the molecule is CC[C@@H](N(NC(=O)c1cc(C)cc(C)c1)C(=O)c1ccc2c(c1C)OCCOB2O)C(C)(C)C. The number of amides is 2. The molecule has 1 aliphatic rings. The van der Waals surface area contributed by atoms with E-state index in [1.165, 1.54) is 5.01 Å². The van der Waals surface area contributed by atoms with Crippen LogP contribution in [0.2, 0.25) is 0 Å². The van der Waals surface area contributed by atoms with Crippen LogP contribution in [0.5, 0.6) is 5.75 Å². The van der Waals surface area contributed by atoms with E-state index in [1.807, 2.05) is 59.7 Å². The Morgan fingerprint density at radius 1 is 1.12 bits per heavy atom. The van der Waals surface area contributed by atoms with Crippen LogP contribution in [-0.4, -0.2) is 48.2 Å². The lowest BCUT2D eigenvalue weighted by atomic mass is 9.77. The topological polar surface area (TPSA) is 88.1 Å². The number of carbonyl (C=O) groups excluding carboxylic acids is 2. The lowest BCUT2D eigenvalue weighted by Gasteiger charge is -2.39. The highest BCUT2D eigenvalue weighted by atomic mass is 16.6. The zero-order valence-corrected chi connectivity index (χ0v) is 21.2. The van der Waals surface area contributed by atoms with Crippen LogP contribution in [0.4, 0.5) is 0 Å². The number of hydrogen-bond donors (Lipinski definition) is 2. The van der Waals surface area contributed by atoms with Crippen LogP contribution in [-0.2, 0) is 4.65 Å². The van der Waals surface area contributed by atoms with Gasteiger partial charge in [0.05, 0.1) is 12.6 Å². The third-order valence-electron chi connectivity index (χ3n) is 6.16. The Balaban J connectivity index is 2.04. The second-order valence-electron chi connectivity index (χ2n) is 10.0. The van der Waals surface area contributed by atoms with Gasteiger partial charge in [-0.3, -0.25) is 15.0 Å². The number of fused-ring (bicyclic) bond motifs is 1. The number of carbonyl (C=O) groups is 2. The van der Waals surface area contributed by atoms with Gasteiger partial charge in [0.1, 0.15) is 12.4 Å². The average molecular weight is 466 g/mol. The molecule has 0 fully saturated rings. The van der Waals surface area contributed by atoms with Gasteiger partial charge in [0, 0.05) is 22.2 Å². The Kier molecular flexibility index (Phi) is 7.73. The second kappa shape index (κ2) is 10.2. The van der Waals surface area contributed by atoms with Gasteiger partial charge in [-0.25, -0.2) is 5.01 Å². The van der Waals surface area contributed by atoms with Gasteiger partial charge in [0.2, 0.25) is 0 Å². The minimum Gasteiger partial charge on any atom is -0.491 e. The second-order valence-corrected chi connectivity index (χ2v) is 10.0. The maximum absolute atomic E-state index is 13.9. The highest BCUT2D eigenvalue weighted by molar-refractivity contribution is 6.61. The van der Waals surface area contributed by atoms with Gasteiger partial charge < -0.3 is 14.4 Å². The summed E-state index contributed by atoms with van der Waals surface area (Å²) >= 11 is 0. The standard InChI is InChI=1S/C26H35BN2O5/c1-8-22(26(5,6)7)29(28-24(30)19-14-16(2)13-17(3)15-19)25(31)20-9-10-21-23(18(20)4)33-11-12-34-27(21)32/h9-10,13-15,22,32H,8,11-12H2,1-7H3,(H,28,30)/t22-/m1/s1. The fraction of sp³-hybridized carbons (Fsp3) is 0.462. The number of nitrogens with zero attached hydrogens (tertiary/aromatic N) is 1. The number of ether oxygens (including phenoxy) is 1. The summed E-state index contributed by atoms with van der Waals surface area (Å²) in [5.74, 6) is -0.223. The molecular weight excluding hydrogens is 431 g/mol. The van der Waals surface area contributed by atoms with Crippen molar-refractivity contribution < 1.29 is 24.0 Å². The van der Waals surface area contributed by atoms with Crippen molar-refractivity contribution in [1.29, 1.82) is 0 Å². The monoisotopic (exact) mass is 466 g/mol. The summed E-state index contributed by atoms with van der Waals surface area (Å²) in [5, 5.41) is 11.7. The fourth-order valence-electron chi connectivity index (χ4n) is 4.59. The van der Waals surface area contributed by atoms with E-state index in [9.17, 15) is 14.6 Å². The molecule has 8 heteroatoms. The summed E-state index contributed by atoms with van der Waals surface area (Å²) < 4.78 is 11.1. The molecule has 0 bridgehead atoms. The summed E-state index contributed by atoms with van der Waals surface area (Å²) in [7, 11) is -1.11. The Morgan fingerprint density at radius 3 is 2.35 bits per heavy atom. The molecule has 0 radical (unpaired) electrons. The van der Waals surface area contributed by atoms with E-state index in [2.05, 4.69) is 5.43 Å². The van der Waals surface area contributed by atoms with Crippen LogP contribution in [0, 0.1) is 26.2 Å². The number of aryl methyl sites for hydroxylation is 2. The van der Waals surface area contributed by atoms with Crippen molar-refractivity contribution >= 4 is 24.4 Å². The minimum absolute atomic E-state index is 0.249. The highest BCUT2D eigenvalue weighted by Gasteiger charge is 2.36. The number of rotatable bonds is 4. The maximum atomic E-state index is 13.9. The predicted molar refractivity (Wildman–Crippen MR) is 133 cm³/mol. The summed E-state index contributed by atoms with van der Waals surface area (Å²) in [6, 6.07) is 8.66. The van der Waals surface area contributed by atoms with Crippen molar-refractivity contribution in [2.45, 2.75) is 60.9 Å². The molecule has 2 amide bonds. The van der Waals surface area contributed by atoms with E-state index in [0.717, 1.165) is 11.1 Å². The third kappa shape index (κ3) is 5.45. The summed E-state index contributed by atoms with van der Waals surface area (Å²) in [4.78, 5) is 27.2. The lowest BCUT2D eigenvalue weighted by Crippen LogP contribution is -2.56. The quantitative estimate of drug-likeness (QED) is 0.533. The first-order valence-electron chi connectivity index (χ1n) is 11.7. The van der Waals surface area contributed by atoms with Crippen molar-refractivity contribution in [2.24, 2.45) is 5.41 Å². The van der Waals surface area contributed by atoms with Crippen molar-refractivity contribution in [2.75, 3.05) is 13.2 Å². The molecule has 7 nitrogen and oxygen atoms in total. The molecule has 0 spiro atoms. The molecule has 1 atom stereocenters. The Hall–Kier alpha value is -2.84. The first-order chi connectivity index (χ1) is 15.9. The summed E-state index contributed by atoms with van der Waals surface area (Å²) in [5.41, 5.74) is 6.55. The van der Waals surface area contributed by atoms with Crippen molar-refractivity contribution in [3.05, 3.63) is 58.1 Å². The van der Waals surface area contributed by atoms with Gasteiger partial charge >= 0.3 is 7.12 Å². The normalized spacial score (nSPS) is 14.5. The van der Waals surface area contributed by atoms with Gasteiger partial charge in [-0.1, -0.05) is 51.0 Å². The largest absolute Gasteiger partial charge is 0.495 e. The Labute approximate surface area is 202 Å². The van der Waals surface area contributed by atoms with Crippen LogP contribution < -0.4 is 15.6 Å². The van der Waals surface area contributed by atoms with Crippen LogP contribution in [0.15, 0.2) is 30.3 Å². The molecule has 1 heterocycles. The van der Waals surface area contributed by atoms with Gasteiger partial charge in [0.25, 0.3) is 11.8 Å². The van der Waals surface area contributed by atoms with Crippen molar-refractivity contribution in [3.63, 3.8) is 0 Å². The summed E-state index contributed by atoms with van der Waals surface area (Å²) in [6.45, 7) is 14.3. The van der Waals surface area contributed by atoms with Crippen LogP contribution in [0.1, 0.15) is 71.5 Å². The molecule has 2 aromatic rings. The molecule has 0 saturated carbocycles. The highest BCUT2D eigenvalue weighted by Crippen LogP contribution is 2.29.